The van der Waals surface area contributed by atoms with E-state index in [1.54, 1.807) is 0 Å². The van der Waals surface area contributed by atoms with Crippen molar-refractivity contribution < 1.29 is 28.6 Å². The lowest BCUT2D eigenvalue weighted by Gasteiger charge is -2.18. The molecule has 0 spiro atoms. The highest BCUT2D eigenvalue weighted by molar-refractivity contribution is 5.71. The van der Waals surface area contributed by atoms with Crippen LogP contribution in [0.2, 0.25) is 0 Å². The van der Waals surface area contributed by atoms with Crippen LogP contribution in [-0.2, 0) is 28.6 Å². The van der Waals surface area contributed by atoms with Crippen LogP contribution in [0.5, 0.6) is 0 Å². The van der Waals surface area contributed by atoms with Gasteiger partial charge in [0, 0.05) is 19.3 Å². The summed E-state index contributed by atoms with van der Waals surface area (Å²) < 4.78 is 16.8. The lowest BCUT2D eigenvalue weighted by molar-refractivity contribution is -0.167. The smallest absolute Gasteiger partial charge is 0.306 e. The molecular formula is C74H116O6. The van der Waals surface area contributed by atoms with Crippen molar-refractivity contribution in [3.05, 3.63) is 170 Å². The minimum absolute atomic E-state index is 0.0982. The molecule has 6 nitrogen and oxygen atoms in total. The van der Waals surface area contributed by atoms with Gasteiger partial charge in [-0.25, -0.2) is 0 Å². The maximum absolute atomic E-state index is 12.9. The van der Waals surface area contributed by atoms with Gasteiger partial charge in [-0.05, 0) is 135 Å². The van der Waals surface area contributed by atoms with Gasteiger partial charge in [-0.1, -0.05) is 274 Å². The first-order valence-corrected chi connectivity index (χ1v) is 32.1. The molecule has 0 aliphatic heterocycles. The molecule has 0 heterocycles. The Hall–Kier alpha value is -5.23. The van der Waals surface area contributed by atoms with E-state index in [2.05, 4.69) is 191 Å². The Morgan fingerprint density at radius 1 is 0.263 bits per heavy atom. The van der Waals surface area contributed by atoms with E-state index < -0.39 is 6.10 Å². The highest BCUT2D eigenvalue weighted by atomic mass is 16.6. The summed E-state index contributed by atoms with van der Waals surface area (Å²) in [4.78, 5) is 38.1. The summed E-state index contributed by atoms with van der Waals surface area (Å²) in [6, 6.07) is 0. The Morgan fingerprint density at radius 3 is 0.762 bits per heavy atom. The van der Waals surface area contributed by atoms with Gasteiger partial charge in [-0.3, -0.25) is 14.4 Å². The van der Waals surface area contributed by atoms with E-state index in [1.807, 2.05) is 0 Å². The second-order valence-corrected chi connectivity index (χ2v) is 20.6. The van der Waals surface area contributed by atoms with Crippen molar-refractivity contribution in [3.8, 4) is 0 Å². The molecule has 448 valence electrons. The van der Waals surface area contributed by atoms with E-state index in [0.29, 0.717) is 19.3 Å². The predicted octanol–water partition coefficient (Wildman–Crippen LogP) is 22.3. The molecule has 80 heavy (non-hydrogen) atoms. The molecule has 0 aliphatic rings. The third kappa shape index (κ3) is 63.6. The maximum Gasteiger partial charge on any atom is 0.306 e. The van der Waals surface area contributed by atoms with Crippen molar-refractivity contribution in [2.24, 2.45) is 0 Å². The van der Waals surface area contributed by atoms with Crippen LogP contribution in [0.4, 0.5) is 0 Å². The number of ether oxygens (including phenoxy) is 3. The lowest BCUT2D eigenvalue weighted by atomic mass is 10.1. The number of carbonyl (C=O) groups excluding carboxylic acids is 3. The van der Waals surface area contributed by atoms with Crippen LogP contribution in [0.25, 0.3) is 0 Å². The number of esters is 3. The van der Waals surface area contributed by atoms with Gasteiger partial charge >= 0.3 is 17.9 Å². The minimum Gasteiger partial charge on any atom is -0.462 e. The van der Waals surface area contributed by atoms with Crippen molar-refractivity contribution in [2.45, 2.75) is 264 Å². The van der Waals surface area contributed by atoms with Gasteiger partial charge in [0.05, 0.1) is 0 Å². The molecule has 0 fully saturated rings. The number of hydrogen-bond acceptors (Lipinski definition) is 6. The van der Waals surface area contributed by atoms with Gasteiger partial charge in [0.1, 0.15) is 13.2 Å². The van der Waals surface area contributed by atoms with E-state index in [4.69, 9.17) is 14.2 Å². The van der Waals surface area contributed by atoms with E-state index in [0.717, 1.165) is 186 Å². The van der Waals surface area contributed by atoms with Gasteiger partial charge < -0.3 is 14.2 Å². The molecule has 0 bridgehead atoms. The molecule has 0 aromatic rings. The van der Waals surface area contributed by atoms with Crippen LogP contribution in [0.1, 0.15) is 258 Å². The summed E-state index contributed by atoms with van der Waals surface area (Å²) in [5.41, 5.74) is 0. The molecule has 1 atom stereocenters. The fourth-order valence-electron chi connectivity index (χ4n) is 8.23. The summed E-state index contributed by atoms with van der Waals surface area (Å²) >= 11 is 0. The van der Waals surface area contributed by atoms with Crippen LogP contribution < -0.4 is 0 Å². The highest BCUT2D eigenvalue weighted by Crippen LogP contribution is 2.14. The van der Waals surface area contributed by atoms with E-state index >= 15 is 0 Å². The third-order valence-electron chi connectivity index (χ3n) is 13.0. The summed E-state index contributed by atoms with van der Waals surface area (Å²) in [6.07, 6.45) is 98.0. The fraction of sp³-hybridized carbons (Fsp3) is 0.581. The van der Waals surface area contributed by atoms with E-state index in [1.165, 1.54) is 32.1 Å². The largest absolute Gasteiger partial charge is 0.462 e. The molecule has 0 aromatic heterocycles. The second kappa shape index (κ2) is 66.3. The molecule has 6 heteroatoms. The Morgan fingerprint density at radius 2 is 0.487 bits per heavy atom. The Balaban J connectivity index is 4.29. The van der Waals surface area contributed by atoms with Crippen LogP contribution in [0.15, 0.2) is 170 Å². The van der Waals surface area contributed by atoms with Crippen molar-refractivity contribution in [3.63, 3.8) is 0 Å². The predicted molar refractivity (Wildman–Crippen MR) is 348 cm³/mol. The number of carbonyl (C=O) groups is 3. The Labute approximate surface area is 492 Å². The molecule has 0 saturated heterocycles. The van der Waals surface area contributed by atoms with Gasteiger partial charge in [0.25, 0.3) is 0 Å². The molecule has 0 aliphatic carbocycles. The summed E-state index contributed by atoms with van der Waals surface area (Å²) in [7, 11) is 0. The monoisotopic (exact) mass is 1100 g/mol. The zero-order chi connectivity index (χ0) is 57.8. The first-order chi connectivity index (χ1) is 39.5. The molecule has 0 rings (SSSR count). The van der Waals surface area contributed by atoms with E-state index in [9.17, 15) is 14.4 Å². The quantitative estimate of drug-likeness (QED) is 0.0261. The zero-order valence-electron chi connectivity index (χ0n) is 51.3. The molecule has 0 N–H and O–H groups in total. The second-order valence-electron chi connectivity index (χ2n) is 20.6. The van der Waals surface area contributed by atoms with Gasteiger partial charge in [-0.15, -0.1) is 0 Å². The van der Waals surface area contributed by atoms with Crippen LogP contribution >= 0.6 is 0 Å². The highest BCUT2D eigenvalue weighted by Gasteiger charge is 2.19. The van der Waals surface area contributed by atoms with Crippen LogP contribution in [0.3, 0.4) is 0 Å². The van der Waals surface area contributed by atoms with Crippen molar-refractivity contribution in [1.82, 2.24) is 0 Å². The molecule has 1 unspecified atom stereocenters. The number of unbranched alkanes of at least 4 members (excludes halogenated alkanes) is 17. The SMILES string of the molecule is CC/C=C\C/C=C\C/C=C\C/C=C\C/C=C\C/C=C\C/C=C\C/C=C\C/C=C\CCCCCCCC(=O)OCC(COC(=O)CCCCCCCCCC)OC(=O)CCCCCCC/C=C\C/C=C\C/C=C\C/C=C\C/C=C\CC. The fourth-order valence-corrected chi connectivity index (χ4v) is 8.23. The molecule has 0 radical (unpaired) electrons. The number of rotatable bonds is 56. The molecule has 0 amide bonds. The van der Waals surface area contributed by atoms with Gasteiger partial charge in [-0.2, -0.15) is 0 Å². The van der Waals surface area contributed by atoms with Crippen molar-refractivity contribution in [1.29, 1.82) is 0 Å². The molecule has 0 aromatic carbocycles. The third-order valence-corrected chi connectivity index (χ3v) is 13.0. The van der Waals surface area contributed by atoms with Crippen LogP contribution in [-0.4, -0.2) is 37.2 Å². The Kier molecular flexibility index (Phi) is 61.9. The zero-order valence-corrected chi connectivity index (χ0v) is 51.3. The average Bonchev–Trinajstić information content (AvgIpc) is 3.46. The van der Waals surface area contributed by atoms with Gasteiger partial charge in [0.15, 0.2) is 6.10 Å². The standard InChI is InChI=1S/C74H116O6/c1-4-7-10-13-16-19-21-23-25-27-29-31-32-33-34-35-36-37-38-39-40-41-42-44-45-47-49-51-53-55-58-61-64-67-73(76)79-70-71(69-78-72(75)66-63-60-57-18-15-12-9-6-3)80-74(77)68-65-62-59-56-54-52-50-48-46-43-30-28-26-24-22-20-17-14-11-8-5-2/h7-8,10-11,16-17,19-20,23-26,29-31,33-34,36-37,39-40,42-44,47-50,71H,4-6,9,12-15,18,21-22,27-28,32,35,38,41,45-46,51-70H2,1-3H3/b10-7-,11-8-,19-16-,20-17-,25-23-,26-24-,31-29-,34-33-,37-36-,40-39-,43-30-,44-42-,49-47-,50-48-. The molecular weight excluding hydrogens is 985 g/mol. The average molecular weight is 1100 g/mol. The van der Waals surface area contributed by atoms with Crippen molar-refractivity contribution >= 4 is 17.9 Å². The van der Waals surface area contributed by atoms with Crippen LogP contribution in [0, 0.1) is 0 Å². The summed E-state index contributed by atoms with van der Waals surface area (Å²) in [5.74, 6) is -0.948. The molecule has 0 saturated carbocycles. The normalized spacial score (nSPS) is 13.3. The first-order valence-electron chi connectivity index (χ1n) is 32.1. The summed E-state index contributed by atoms with van der Waals surface area (Å²) in [5, 5.41) is 0. The van der Waals surface area contributed by atoms with Gasteiger partial charge in [0.2, 0.25) is 0 Å². The Bertz CT molecular complexity index is 1840. The maximum atomic E-state index is 12.9. The summed E-state index contributed by atoms with van der Waals surface area (Å²) in [6.45, 7) is 6.34. The topological polar surface area (TPSA) is 78.9 Å². The minimum atomic E-state index is -0.803. The number of allylic oxidation sites excluding steroid dienone is 28. The first kappa shape index (κ1) is 74.8. The number of hydrogen-bond donors (Lipinski definition) is 0. The lowest BCUT2D eigenvalue weighted by Crippen LogP contribution is -2.30. The van der Waals surface area contributed by atoms with Crippen molar-refractivity contribution in [2.75, 3.05) is 13.2 Å². The van der Waals surface area contributed by atoms with E-state index in [-0.39, 0.29) is 31.1 Å².